The summed E-state index contributed by atoms with van der Waals surface area (Å²) in [6.45, 7) is 0.585. The van der Waals surface area contributed by atoms with Crippen LogP contribution in [0.5, 0.6) is 0 Å². The van der Waals surface area contributed by atoms with Gasteiger partial charge in [-0.15, -0.1) is 0 Å². The number of nitrogens with zero attached hydrogens (tertiary/aromatic N) is 2. The number of halogens is 2. The van der Waals surface area contributed by atoms with Crippen LogP contribution in [0.1, 0.15) is 6.42 Å². The lowest BCUT2D eigenvalue weighted by Gasteiger charge is -2.15. The summed E-state index contributed by atoms with van der Waals surface area (Å²) in [7, 11) is 0. The van der Waals surface area contributed by atoms with Crippen LogP contribution >= 0.6 is 35.8 Å². The number of aromatic nitrogens is 1. The van der Waals surface area contributed by atoms with Crippen molar-refractivity contribution in [3.8, 4) is 0 Å². The number of rotatable bonds is 1. The topological polar surface area (TPSA) is 33.2 Å². The molecule has 1 atom stereocenters. The molecular weight excluding hydrogens is 255 g/mol. The predicted molar refractivity (Wildman–Crippen MR) is 64.0 cm³/mol. The van der Waals surface area contributed by atoms with Crippen LogP contribution in [0, 0.1) is 0 Å². The summed E-state index contributed by atoms with van der Waals surface area (Å²) in [6.07, 6.45) is 1.99. The minimum Gasteiger partial charge on any atom is -0.310 e. The van der Waals surface area contributed by atoms with E-state index < -0.39 is 0 Å². The van der Waals surface area contributed by atoms with Gasteiger partial charge in [-0.25, -0.2) is 4.98 Å². The number of carbonyl (C=O) groups excluding carboxylic acids is 1. The molecule has 0 aliphatic carbocycles. The lowest BCUT2D eigenvalue weighted by atomic mass is 10.4. The Balaban J connectivity index is 2.30. The fourth-order valence-corrected chi connectivity index (χ4v) is 2.08. The van der Waals surface area contributed by atoms with Crippen LogP contribution in [0.2, 0.25) is 10.2 Å². The van der Waals surface area contributed by atoms with Gasteiger partial charge in [0.25, 0.3) is 0 Å². The van der Waals surface area contributed by atoms with E-state index in [0.29, 0.717) is 23.7 Å². The Labute approximate surface area is 103 Å². The van der Waals surface area contributed by atoms with Crippen LogP contribution in [0.15, 0.2) is 12.3 Å². The molecule has 1 unspecified atom stereocenters. The molecule has 1 aromatic heterocycles. The van der Waals surface area contributed by atoms with Crippen molar-refractivity contribution < 1.29 is 4.79 Å². The van der Waals surface area contributed by atoms with Gasteiger partial charge < -0.3 is 4.90 Å². The van der Waals surface area contributed by atoms with Crippen molar-refractivity contribution in [1.82, 2.24) is 4.98 Å². The quantitative estimate of drug-likeness (QED) is 0.623. The average Bonchev–Trinajstić information content (AvgIpc) is 2.50. The highest BCUT2D eigenvalue weighted by Crippen LogP contribution is 2.28. The first-order chi connectivity index (χ1) is 7.08. The monoisotopic (exact) mass is 262 g/mol. The van der Waals surface area contributed by atoms with Crippen LogP contribution in [-0.4, -0.2) is 22.7 Å². The molecule has 1 saturated heterocycles. The van der Waals surface area contributed by atoms with Crippen molar-refractivity contribution in [1.29, 1.82) is 0 Å². The third kappa shape index (κ3) is 2.22. The van der Waals surface area contributed by atoms with Gasteiger partial charge in [-0.1, -0.05) is 23.2 Å². The molecule has 2 heterocycles. The van der Waals surface area contributed by atoms with Gasteiger partial charge in [0.2, 0.25) is 5.91 Å². The molecular formula is C9H8Cl2N2OS. The van der Waals surface area contributed by atoms with E-state index in [4.69, 9.17) is 23.2 Å². The Morgan fingerprint density at radius 1 is 1.53 bits per heavy atom. The fraction of sp³-hybridized carbons (Fsp3) is 0.333. The highest BCUT2D eigenvalue weighted by molar-refractivity contribution is 7.81. The van der Waals surface area contributed by atoms with Crippen molar-refractivity contribution in [3.63, 3.8) is 0 Å². The zero-order chi connectivity index (χ0) is 11.0. The van der Waals surface area contributed by atoms with Crippen LogP contribution in [0.25, 0.3) is 0 Å². The molecule has 6 heteroatoms. The molecule has 80 valence electrons. The van der Waals surface area contributed by atoms with Gasteiger partial charge in [0, 0.05) is 18.2 Å². The molecule has 1 amide bonds. The summed E-state index contributed by atoms with van der Waals surface area (Å²) in [4.78, 5) is 17.1. The summed E-state index contributed by atoms with van der Waals surface area (Å²) < 4.78 is 0. The Morgan fingerprint density at radius 3 is 2.80 bits per heavy atom. The number of hydrogen-bond donors (Lipinski definition) is 1. The third-order valence-electron chi connectivity index (χ3n) is 2.20. The first-order valence-corrected chi connectivity index (χ1v) is 5.64. The Hall–Kier alpha value is -0.450. The minimum absolute atomic E-state index is 0.0372. The first-order valence-electron chi connectivity index (χ1n) is 4.37. The van der Waals surface area contributed by atoms with Crippen molar-refractivity contribution in [2.24, 2.45) is 0 Å². The predicted octanol–water partition coefficient (Wildman–Crippen LogP) is 2.42. The number of thiol groups is 1. The summed E-state index contributed by atoms with van der Waals surface area (Å²) in [5.74, 6) is 0.0372. The summed E-state index contributed by atoms with van der Waals surface area (Å²) in [6, 6.07) is 1.64. The van der Waals surface area contributed by atoms with E-state index >= 15 is 0 Å². The van der Waals surface area contributed by atoms with Gasteiger partial charge in [0.1, 0.15) is 5.15 Å². The summed E-state index contributed by atoms with van der Waals surface area (Å²) in [5, 5.41) is 0.672. The maximum atomic E-state index is 11.6. The molecule has 1 aliphatic heterocycles. The standard InChI is InChI=1S/C9H8Cl2N2OS/c10-7-1-5(3-12-9(7)11)13-4-6(15)2-8(13)14/h1,3,6,15H,2,4H2. The Morgan fingerprint density at radius 2 is 2.27 bits per heavy atom. The maximum Gasteiger partial charge on any atom is 0.228 e. The van der Waals surface area contributed by atoms with E-state index in [9.17, 15) is 4.79 Å². The second-order valence-corrected chi connectivity index (χ2v) is 4.82. The van der Waals surface area contributed by atoms with Crippen LogP contribution in [0.4, 0.5) is 5.69 Å². The fourth-order valence-electron chi connectivity index (χ4n) is 1.50. The summed E-state index contributed by atoms with van der Waals surface area (Å²) >= 11 is 15.8. The molecule has 0 aromatic carbocycles. The maximum absolute atomic E-state index is 11.6. The zero-order valence-corrected chi connectivity index (χ0v) is 10.1. The molecule has 1 aromatic rings. The number of pyridine rings is 1. The molecule has 0 radical (unpaired) electrons. The van der Waals surface area contributed by atoms with E-state index in [2.05, 4.69) is 17.6 Å². The van der Waals surface area contributed by atoms with Gasteiger partial charge in [-0.2, -0.15) is 12.6 Å². The second-order valence-electron chi connectivity index (χ2n) is 3.33. The normalized spacial score (nSPS) is 21.1. The molecule has 1 aliphatic rings. The van der Waals surface area contributed by atoms with Crippen LogP contribution < -0.4 is 4.90 Å². The summed E-state index contributed by atoms with van der Waals surface area (Å²) in [5.41, 5.74) is 0.672. The highest BCUT2D eigenvalue weighted by Gasteiger charge is 2.28. The molecule has 0 spiro atoms. The van der Waals surface area contributed by atoms with Crippen molar-refractivity contribution in [2.45, 2.75) is 11.7 Å². The van der Waals surface area contributed by atoms with Crippen molar-refractivity contribution >= 4 is 47.4 Å². The van der Waals surface area contributed by atoms with Crippen LogP contribution in [0.3, 0.4) is 0 Å². The van der Waals surface area contributed by atoms with Gasteiger partial charge >= 0.3 is 0 Å². The van der Waals surface area contributed by atoms with E-state index in [0.717, 1.165) is 0 Å². The largest absolute Gasteiger partial charge is 0.310 e. The van der Waals surface area contributed by atoms with Crippen LogP contribution in [-0.2, 0) is 4.79 Å². The SMILES string of the molecule is O=C1CC(S)CN1c1cnc(Cl)c(Cl)c1. The minimum atomic E-state index is 0.0372. The molecule has 3 nitrogen and oxygen atoms in total. The van der Waals surface area contributed by atoms with Crippen molar-refractivity contribution in [3.05, 3.63) is 22.4 Å². The molecule has 0 saturated carbocycles. The molecule has 15 heavy (non-hydrogen) atoms. The van der Waals surface area contributed by atoms with Crippen molar-refractivity contribution in [2.75, 3.05) is 11.4 Å². The Kier molecular flexibility index (Phi) is 3.09. The average molecular weight is 263 g/mol. The van der Waals surface area contributed by atoms with E-state index in [1.54, 1.807) is 11.0 Å². The third-order valence-corrected chi connectivity index (χ3v) is 3.23. The van der Waals surface area contributed by atoms with Gasteiger partial charge in [-0.3, -0.25) is 4.79 Å². The zero-order valence-electron chi connectivity index (χ0n) is 7.65. The number of anilines is 1. The van der Waals surface area contributed by atoms with Gasteiger partial charge in [0.05, 0.1) is 16.9 Å². The lowest BCUT2D eigenvalue weighted by molar-refractivity contribution is -0.117. The molecule has 2 rings (SSSR count). The highest BCUT2D eigenvalue weighted by atomic mass is 35.5. The smallest absolute Gasteiger partial charge is 0.228 e. The number of hydrogen-bond acceptors (Lipinski definition) is 3. The molecule has 0 bridgehead atoms. The van der Waals surface area contributed by atoms with E-state index in [-0.39, 0.29) is 16.3 Å². The molecule has 1 fully saturated rings. The number of amides is 1. The number of carbonyl (C=O) groups is 1. The van der Waals surface area contributed by atoms with E-state index in [1.807, 2.05) is 0 Å². The second kappa shape index (κ2) is 4.20. The van der Waals surface area contributed by atoms with Gasteiger partial charge in [0.15, 0.2) is 0 Å². The molecule has 0 N–H and O–H groups in total. The van der Waals surface area contributed by atoms with Gasteiger partial charge in [-0.05, 0) is 6.07 Å². The Bertz CT molecular complexity index is 413. The first kappa shape index (κ1) is 11.0. The van der Waals surface area contributed by atoms with E-state index in [1.165, 1.54) is 6.20 Å². The lowest BCUT2D eigenvalue weighted by Crippen LogP contribution is -2.24.